The van der Waals surface area contributed by atoms with E-state index < -0.39 is 65.5 Å². The fourth-order valence-corrected chi connectivity index (χ4v) is 11.1. The largest absolute Gasteiger partial charge is 0.491 e. The summed E-state index contributed by atoms with van der Waals surface area (Å²) in [5, 5.41) is 12.3. The van der Waals surface area contributed by atoms with Crippen LogP contribution in [0.25, 0.3) is 0 Å². The zero-order valence-electron chi connectivity index (χ0n) is 40.0. The van der Waals surface area contributed by atoms with Gasteiger partial charge in [0, 0.05) is 45.4 Å². The van der Waals surface area contributed by atoms with Gasteiger partial charge in [-0.1, -0.05) is 90.7 Å². The molecule has 5 aliphatic heterocycles. The first-order valence-corrected chi connectivity index (χ1v) is 24.1. The van der Waals surface area contributed by atoms with E-state index in [1.807, 2.05) is 89.8 Å². The van der Waals surface area contributed by atoms with Crippen molar-refractivity contribution in [1.29, 1.82) is 0 Å². The fourth-order valence-electron chi connectivity index (χ4n) is 11.1. The van der Waals surface area contributed by atoms with E-state index in [0.29, 0.717) is 53.6 Å². The molecule has 3 saturated heterocycles. The minimum Gasteiger partial charge on any atom is -0.491 e. The average molecular weight is 991 g/mol. The average Bonchev–Trinajstić information content (AvgIpc) is 4.08. The van der Waals surface area contributed by atoms with Crippen LogP contribution in [0, 0.1) is 17.8 Å². The van der Waals surface area contributed by atoms with E-state index in [2.05, 4.69) is 22.1 Å². The Balaban J connectivity index is 1.18. The number of piperazine rings is 1. The number of nitrogens with zero attached hydrogens (tertiary/aromatic N) is 4. The van der Waals surface area contributed by atoms with Gasteiger partial charge in [0.05, 0.1) is 43.4 Å². The van der Waals surface area contributed by atoms with E-state index in [-0.39, 0.29) is 64.1 Å². The summed E-state index contributed by atoms with van der Waals surface area (Å²) >= 11 is 0. The normalized spacial score (nSPS) is 23.0. The van der Waals surface area contributed by atoms with E-state index in [4.69, 9.17) is 34.2 Å². The predicted octanol–water partition coefficient (Wildman–Crippen LogP) is 4.60. The van der Waals surface area contributed by atoms with Gasteiger partial charge in [-0.15, -0.1) is 0 Å². The molecule has 5 aromatic carbocycles. The van der Waals surface area contributed by atoms with Gasteiger partial charge in [-0.05, 0) is 70.3 Å². The molecule has 0 bridgehead atoms. The number of esters is 1. The van der Waals surface area contributed by atoms with Crippen molar-refractivity contribution in [1.82, 2.24) is 20.0 Å². The van der Waals surface area contributed by atoms with Gasteiger partial charge in [-0.3, -0.25) is 24.2 Å². The topological polar surface area (TPSA) is 212 Å². The number of anilines is 1. The smallest absolute Gasteiger partial charge is 0.421 e. The number of urea groups is 1. The molecular formula is C55H54N6O12. The lowest BCUT2D eigenvalue weighted by Gasteiger charge is -2.46. The number of morpholine rings is 1. The Morgan fingerprint density at radius 3 is 2.29 bits per heavy atom. The second-order valence-corrected chi connectivity index (χ2v) is 18.2. The third-order valence-corrected chi connectivity index (χ3v) is 14.1. The molecule has 18 heteroatoms. The van der Waals surface area contributed by atoms with Crippen molar-refractivity contribution in [3.8, 4) is 29.1 Å². The number of hydrogen-bond donors (Lipinski definition) is 3. The number of imide groups is 1. The van der Waals surface area contributed by atoms with Crippen LogP contribution in [0.1, 0.15) is 51.6 Å². The van der Waals surface area contributed by atoms with Crippen molar-refractivity contribution in [3.05, 3.63) is 155 Å². The van der Waals surface area contributed by atoms with E-state index in [1.165, 1.54) is 7.11 Å². The minimum atomic E-state index is -2.09. The summed E-state index contributed by atoms with van der Waals surface area (Å²) in [5.41, 5.74) is 6.89. The lowest BCUT2D eigenvalue weighted by Crippen LogP contribution is -2.59. The SMILES string of the molecule is COCCOC(=O)N1C(=O)[C@@]2(c3cc(C#CCNC(N)=O)ccc31)[C@H](c1cccc(OCCO)c1)N1[C@H](c3ccccc3)[C@H](c3ccccc3)OC(=O)[C@H]1[C@@H]2C(=O)N1CCN(Cc2ccc3c(c2)OCO3)CC1. The summed E-state index contributed by atoms with van der Waals surface area (Å²) in [6.07, 6.45) is -1.96. The van der Waals surface area contributed by atoms with Gasteiger partial charge < -0.3 is 49.5 Å². The van der Waals surface area contributed by atoms with Crippen LogP contribution in [-0.2, 0) is 40.6 Å². The molecule has 5 amide bonds. The fraction of sp³-hybridized carbons (Fsp3) is 0.327. The number of methoxy groups -OCH3 is 1. The minimum absolute atomic E-state index is 0.0337. The molecule has 4 N–H and O–H groups in total. The molecule has 0 aliphatic carbocycles. The van der Waals surface area contributed by atoms with Crippen LogP contribution in [-0.4, -0.2) is 129 Å². The highest BCUT2D eigenvalue weighted by Gasteiger charge is 2.76. The molecule has 3 fully saturated rings. The van der Waals surface area contributed by atoms with Crippen molar-refractivity contribution >= 4 is 35.6 Å². The number of hydrogen-bond acceptors (Lipinski definition) is 14. The summed E-state index contributed by atoms with van der Waals surface area (Å²) in [4.78, 5) is 81.6. The van der Waals surface area contributed by atoms with Gasteiger partial charge in [0.25, 0.3) is 0 Å². The number of rotatable bonds is 13. The number of nitrogens with one attached hydrogen (secondary N) is 1. The molecular weight excluding hydrogens is 937 g/mol. The van der Waals surface area contributed by atoms with Crippen molar-refractivity contribution in [2.75, 3.05) is 78.0 Å². The molecule has 5 aliphatic rings. The van der Waals surface area contributed by atoms with Crippen LogP contribution in [0.15, 0.2) is 121 Å². The molecule has 18 nitrogen and oxygen atoms in total. The number of aliphatic hydroxyl groups is 1. The van der Waals surface area contributed by atoms with Crippen LogP contribution in [0.3, 0.4) is 0 Å². The first-order valence-electron chi connectivity index (χ1n) is 24.1. The second-order valence-electron chi connectivity index (χ2n) is 18.2. The molecule has 0 radical (unpaired) electrons. The van der Waals surface area contributed by atoms with E-state index in [1.54, 1.807) is 41.3 Å². The monoisotopic (exact) mass is 990 g/mol. The van der Waals surface area contributed by atoms with Crippen molar-refractivity contribution in [3.63, 3.8) is 0 Å². The number of fused-ring (bicyclic) bond motifs is 4. The van der Waals surface area contributed by atoms with Crippen molar-refractivity contribution < 1.29 is 57.5 Å². The molecule has 0 saturated carbocycles. The number of ether oxygens (including phenoxy) is 6. The summed E-state index contributed by atoms with van der Waals surface area (Å²) in [5.74, 6) is 4.09. The number of carbonyl (C=O) groups excluding carboxylic acids is 5. The van der Waals surface area contributed by atoms with Crippen molar-refractivity contribution in [2.45, 2.75) is 36.2 Å². The predicted molar refractivity (Wildman–Crippen MR) is 263 cm³/mol. The molecule has 6 atom stereocenters. The van der Waals surface area contributed by atoms with E-state index >= 15 is 14.4 Å². The third-order valence-electron chi connectivity index (χ3n) is 14.1. The number of benzene rings is 5. The third kappa shape index (κ3) is 9.16. The van der Waals surface area contributed by atoms with Crippen LogP contribution < -0.4 is 30.2 Å². The van der Waals surface area contributed by atoms with Gasteiger partial charge in [0.1, 0.15) is 36.5 Å². The Kier molecular flexibility index (Phi) is 14.0. The van der Waals surface area contributed by atoms with Crippen molar-refractivity contribution in [2.24, 2.45) is 11.7 Å². The molecule has 1 spiro atoms. The molecule has 5 heterocycles. The first kappa shape index (κ1) is 48.7. The number of primary amides is 1. The molecule has 73 heavy (non-hydrogen) atoms. The Morgan fingerprint density at radius 1 is 0.808 bits per heavy atom. The van der Waals surface area contributed by atoms with Gasteiger partial charge in [0.15, 0.2) is 11.5 Å². The maximum atomic E-state index is 16.6. The van der Waals surface area contributed by atoms with Crippen LogP contribution in [0.4, 0.5) is 15.3 Å². The number of amides is 5. The molecule has 10 rings (SSSR count). The zero-order valence-corrected chi connectivity index (χ0v) is 40.0. The molecule has 5 aromatic rings. The van der Waals surface area contributed by atoms with Gasteiger partial charge >= 0.3 is 18.1 Å². The first-order chi connectivity index (χ1) is 35.6. The van der Waals surface area contributed by atoms with E-state index in [9.17, 15) is 14.7 Å². The second kappa shape index (κ2) is 21.0. The zero-order chi connectivity index (χ0) is 50.6. The Hall–Kier alpha value is -7.95. The Morgan fingerprint density at radius 2 is 1.55 bits per heavy atom. The van der Waals surface area contributed by atoms with E-state index in [0.717, 1.165) is 16.0 Å². The summed E-state index contributed by atoms with van der Waals surface area (Å²) in [7, 11) is 1.46. The van der Waals surface area contributed by atoms with Crippen LogP contribution in [0.5, 0.6) is 17.2 Å². The standard InChI is InChI=1S/C55H54N6O12/c1-68-28-29-70-54(67)60-42-19-17-35(10-9-21-57-53(56)66)30-41(42)55(52(60)65)45(50(63)59-24-22-58(23-25-59)33-36-18-20-43-44(31-36)72-34-71-43)47-51(64)73-48(38-13-6-3-7-14-38)46(37-11-4-2-5-12-37)61(47)49(55)39-15-8-16-40(32-39)69-27-26-62/h2-8,11-20,30-32,45-49,62H,21-29,33-34H2,1H3,(H3,56,57,66)/t45-,46-,47-,48+,49+,55-/m1/s1. The van der Waals surface area contributed by atoms with Gasteiger partial charge in [-0.2, -0.15) is 0 Å². The Labute approximate surface area is 421 Å². The molecule has 0 aromatic heterocycles. The van der Waals surface area contributed by atoms with Gasteiger partial charge in [-0.25, -0.2) is 14.5 Å². The number of carbonyl (C=O) groups is 5. The quantitative estimate of drug-likeness (QED) is 0.0837. The number of nitrogens with two attached hydrogens (primary N) is 1. The highest BCUT2D eigenvalue weighted by molar-refractivity contribution is 6.23. The lowest BCUT2D eigenvalue weighted by molar-refractivity contribution is -0.179. The number of cyclic esters (lactones) is 1. The van der Waals surface area contributed by atoms with Crippen LogP contribution >= 0.6 is 0 Å². The highest BCUT2D eigenvalue weighted by Crippen LogP contribution is 2.66. The summed E-state index contributed by atoms with van der Waals surface area (Å²) < 4.78 is 34.8. The highest BCUT2D eigenvalue weighted by atomic mass is 16.7. The Bertz CT molecular complexity index is 2960. The lowest BCUT2D eigenvalue weighted by atomic mass is 9.64. The maximum Gasteiger partial charge on any atom is 0.421 e. The molecule has 0 unspecified atom stereocenters. The maximum absolute atomic E-state index is 16.6. The number of aliphatic hydroxyl groups excluding tert-OH is 1. The summed E-state index contributed by atoms with van der Waals surface area (Å²) in [6.45, 7) is 1.53. The van der Waals surface area contributed by atoms with Crippen LogP contribution in [0.2, 0.25) is 0 Å². The summed E-state index contributed by atoms with van der Waals surface area (Å²) in [6, 6.07) is 32.3. The molecule has 376 valence electrons. The van der Waals surface area contributed by atoms with Gasteiger partial charge in [0.2, 0.25) is 18.6 Å².